The average Bonchev–Trinajstić information content (AvgIpc) is 3.34. The van der Waals surface area contributed by atoms with Crippen molar-refractivity contribution in [1.82, 2.24) is 15.1 Å². The van der Waals surface area contributed by atoms with Gasteiger partial charge in [0.15, 0.2) is 5.58 Å². The van der Waals surface area contributed by atoms with Gasteiger partial charge in [0.2, 0.25) is 5.43 Å². The van der Waals surface area contributed by atoms with Crippen LogP contribution in [0, 0.1) is 0 Å². The maximum absolute atomic E-state index is 14.1. The summed E-state index contributed by atoms with van der Waals surface area (Å²) >= 11 is 0. The van der Waals surface area contributed by atoms with Crippen molar-refractivity contribution >= 4 is 28.0 Å². The molecular formula is C33H33N3O4. The van der Waals surface area contributed by atoms with Crippen molar-refractivity contribution in [1.29, 1.82) is 0 Å². The molecule has 5 aromatic rings. The van der Waals surface area contributed by atoms with Gasteiger partial charge in [0.05, 0.1) is 16.5 Å². The first-order chi connectivity index (χ1) is 19.2. The Morgan fingerprint density at radius 1 is 1.02 bits per heavy atom. The fourth-order valence-corrected chi connectivity index (χ4v) is 5.47. The predicted molar refractivity (Wildman–Crippen MR) is 157 cm³/mol. The molecule has 3 aromatic carbocycles. The minimum absolute atomic E-state index is 0.106. The van der Waals surface area contributed by atoms with Gasteiger partial charge in [0.25, 0.3) is 0 Å². The van der Waals surface area contributed by atoms with Gasteiger partial charge in [-0.15, -0.1) is 0 Å². The molecule has 2 aromatic heterocycles. The number of alkyl carbamates (subject to hydrolysis) is 1. The van der Waals surface area contributed by atoms with Crippen molar-refractivity contribution in [2.24, 2.45) is 0 Å². The van der Waals surface area contributed by atoms with Crippen LogP contribution in [0.25, 0.3) is 44.3 Å². The van der Waals surface area contributed by atoms with Crippen LogP contribution in [0.1, 0.15) is 52.5 Å². The zero-order valence-electron chi connectivity index (χ0n) is 23.3. The molecular weight excluding hydrogens is 502 g/mol. The number of hydrogen-bond donors (Lipinski definition) is 1. The minimum atomic E-state index is -0.572. The van der Waals surface area contributed by atoms with Crippen LogP contribution in [0.5, 0.6) is 0 Å². The number of aromatic nitrogens is 2. The standard InChI is InChI=1S/C33H33N3O4/c1-5-36-20-23-14-17-25-28(37)26(29(22-10-7-6-8-11-22)39-30(25)27(23)35-36)21-12-15-24(16-13-21)33(18-9-19-33)34-31(38)40-32(2,3)4/h6-8,10-17,20H,5,9,18-19H2,1-4H3,(H,34,38). The summed E-state index contributed by atoms with van der Waals surface area (Å²) < 4.78 is 13.9. The van der Waals surface area contributed by atoms with E-state index in [0.717, 1.165) is 47.9 Å². The van der Waals surface area contributed by atoms with E-state index < -0.39 is 17.2 Å². The molecule has 2 heterocycles. The van der Waals surface area contributed by atoms with Gasteiger partial charge in [0.1, 0.15) is 16.9 Å². The molecule has 6 rings (SSSR count). The van der Waals surface area contributed by atoms with Gasteiger partial charge in [0, 0.05) is 23.7 Å². The van der Waals surface area contributed by atoms with Gasteiger partial charge in [-0.1, -0.05) is 60.7 Å². The Morgan fingerprint density at radius 3 is 2.38 bits per heavy atom. The summed E-state index contributed by atoms with van der Waals surface area (Å²) in [5.41, 5.74) is 3.08. The summed E-state index contributed by atoms with van der Waals surface area (Å²) in [7, 11) is 0. The van der Waals surface area contributed by atoms with Crippen LogP contribution in [-0.4, -0.2) is 21.5 Å². The molecule has 0 bridgehead atoms. The number of benzene rings is 3. The fraction of sp³-hybridized carbons (Fsp3) is 0.303. The molecule has 1 amide bonds. The van der Waals surface area contributed by atoms with Crippen LogP contribution < -0.4 is 10.7 Å². The fourth-order valence-electron chi connectivity index (χ4n) is 5.47. The minimum Gasteiger partial charge on any atom is -0.453 e. The van der Waals surface area contributed by atoms with E-state index in [4.69, 9.17) is 9.15 Å². The van der Waals surface area contributed by atoms with E-state index in [9.17, 15) is 9.59 Å². The van der Waals surface area contributed by atoms with Crippen LogP contribution in [0.3, 0.4) is 0 Å². The molecule has 1 saturated carbocycles. The van der Waals surface area contributed by atoms with Gasteiger partial charge >= 0.3 is 6.09 Å². The molecule has 7 heteroatoms. The second kappa shape index (κ2) is 9.66. The maximum atomic E-state index is 14.1. The monoisotopic (exact) mass is 535 g/mol. The smallest absolute Gasteiger partial charge is 0.408 e. The molecule has 1 fully saturated rings. The van der Waals surface area contributed by atoms with Crippen molar-refractivity contribution in [2.75, 3.05) is 0 Å². The van der Waals surface area contributed by atoms with E-state index in [-0.39, 0.29) is 5.43 Å². The summed E-state index contributed by atoms with van der Waals surface area (Å²) in [6.45, 7) is 8.32. The second-order valence-corrected chi connectivity index (χ2v) is 11.5. The van der Waals surface area contributed by atoms with E-state index in [1.165, 1.54) is 0 Å². The number of fused-ring (bicyclic) bond motifs is 3. The highest BCUT2D eigenvalue weighted by Gasteiger charge is 2.41. The molecule has 204 valence electrons. The Morgan fingerprint density at radius 2 is 1.75 bits per heavy atom. The molecule has 40 heavy (non-hydrogen) atoms. The zero-order chi connectivity index (χ0) is 28.1. The van der Waals surface area contributed by atoms with Crippen molar-refractivity contribution in [3.63, 3.8) is 0 Å². The van der Waals surface area contributed by atoms with Gasteiger partial charge < -0.3 is 14.5 Å². The Balaban J connectivity index is 1.47. The number of rotatable bonds is 5. The maximum Gasteiger partial charge on any atom is 0.408 e. The van der Waals surface area contributed by atoms with E-state index in [2.05, 4.69) is 10.4 Å². The number of ether oxygens (including phenoxy) is 1. The lowest BCUT2D eigenvalue weighted by molar-refractivity contribution is 0.0377. The first-order valence-corrected chi connectivity index (χ1v) is 13.8. The van der Waals surface area contributed by atoms with Crippen LogP contribution >= 0.6 is 0 Å². The Labute approximate surface area is 232 Å². The highest BCUT2D eigenvalue weighted by atomic mass is 16.6. The number of nitrogens with one attached hydrogen (secondary N) is 1. The number of hydrogen-bond acceptors (Lipinski definition) is 5. The third-order valence-electron chi connectivity index (χ3n) is 7.62. The largest absolute Gasteiger partial charge is 0.453 e. The van der Waals surface area contributed by atoms with Crippen molar-refractivity contribution in [3.05, 3.63) is 88.7 Å². The molecule has 1 N–H and O–H groups in total. The van der Waals surface area contributed by atoms with Crippen LogP contribution in [0.2, 0.25) is 0 Å². The van der Waals surface area contributed by atoms with Crippen molar-refractivity contribution < 1.29 is 13.9 Å². The Hall–Kier alpha value is -4.39. The molecule has 0 unspecified atom stereocenters. The summed E-state index contributed by atoms with van der Waals surface area (Å²) in [5, 5.41) is 9.21. The first kappa shape index (κ1) is 25.9. The summed E-state index contributed by atoms with van der Waals surface area (Å²) in [6, 6.07) is 21.3. The van der Waals surface area contributed by atoms with Crippen LogP contribution in [-0.2, 0) is 16.8 Å². The van der Waals surface area contributed by atoms with Gasteiger partial charge in [-0.25, -0.2) is 4.79 Å². The van der Waals surface area contributed by atoms with Crippen molar-refractivity contribution in [2.45, 2.75) is 64.6 Å². The lowest BCUT2D eigenvalue weighted by atomic mass is 9.71. The highest BCUT2D eigenvalue weighted by molar-refractivity contribution is 6.03. The van der Waals surface area contributed by atoms with Crippen LogP contribution in [0.15, 0.2) is 82.1 Å². The van der Waals surface area contributed by atoms with Gasteiger partial charge in [-0.2, -0.15) is 5.10 Å². The zero-order valence-corrected chi connectivity index (χ0v) is 23.3. The highest BCUT2D eigenvalue weighted by Crippen LogP contribution is 2.42. The number of nitrogens with zero attached hydrogens (tertiary/aromatic N) is 2. The number of carbonyl (C=O) groups excluding carboxylic acids is 1. The third kappa shape index (κ3) is 4.55. The SMILES string of the molecule is CCn1cc2ccc3c(=O)c(-c4ccc(C5(NC(=O)OC(C)(C)C)CCC5)cc4)c(-c4ccccc4)oc3c2n1. The predicted octanol–water partition coefficient (Wildman–Crippen LogP) is 7.40. The first-order valence-electron chi connectivity index (χ1n) is 13.8. The number of carbonyl (C=O) groups is 1. The van der Waals surface area contributed by atoms with Crippen molar-refractivity contribution in [3.8, 4) is 22.5 Å². The Bertz CT molecular complexity index is 1770. The molecule has 0 atom stereocenters. The van der Waals surface area contributed by atoms with E-state index in [1.54, 1.807) is 0 Å². The topological polar surface area (TPSA) is 86.4 Å². The molecule has 0 saturated heterocycles. The summed E-state index contributed by atoms with van der Waals surface area (Å²) in [5.74, 6) is 0.509. The molecule has 1 aliphatic carbocycles. The van der Waals surface area contributed by atoms with E-state index in [0.29, 0.717) is 27.8 Å². The molecule has 7 nitrogen and oxygen atoms in total. The quantitative estimate of drug-likeness (QED) is 0.253. The Kier molecular flexibility index (Phi) is 6.25. The molecule has 1 aliphatic rings. The van der Waals surface area contributed by atoms with Gasteiger partial charge in [-0.05, 0) is 64.2 Å². The normalized spacial score (nSPS) is 14.7. The lowest BCUT2D eigenvalue weighted by Gasteiger charge is -2.43. The van der Waals surface area contributed by atoms with E-state index in [1.807, 2.05) is 105 Å². The summed E-state index contributed by atoms with van der Waals surface area (Å²) in [6.07, 6.45) is 4.23. The van der Waals surface area contributed by atoms with E-state index >= 15 is 0 Å². The lowest BCUT2D eigenvalue weighted by Crippen LogP contribution is -2.52. The molecule has 0 radical (unpaired) electrons. The summed E-state index contributed by atoms with van der Waals surface area (Å²) in [4.78, 5) is 26.7. The van der Waals surface area contributed by atoms with Gasteiger partial charge in [-0.3, -0.25) is 9.48 Å². The molecule has 0 spiro atoms. The second-order valence-electron chi connectivity index (χ2n) is 11.5. The van der Waals surface area contributed by atoms with Crippen LogP contribution in [0.4, 0.5) is 4.79 Å². The third-order valence-corrected chi connectivity index (χ3v) is 7.62. The molecule has 0 aliphatic heterocycles. The average molecular weight is 536 g/mol. The number of aryl methyl sites for hydroxylation is 1. The number of amides is 1.